The Balaban J connectivity index is 0. The highest BCUT2D eigenvalue weighted by Gasteiger charge is 2.06. The fraction of sp³-hybridized carbons (Fsp3) is 1.00. The molecule has 0 aromatic heterocycles. The lowest BCUT2D eigenvalue weighted by molar-refractivity contribution is -0.886. The topological polar surface area (TPSA) is 111 Å². The van der Waals surface area contributed by atoms with Gasteiger partial charge < -0.3 is 19.7 Å². The summed E-state index contributed by atoms with van der Waals surface area (Å²) in [5, 5.41) is 17.8. The standard InChI is InChI=1S/C21H45NO2.CH4O4S/c1-3-4-5-6-7-8-9-10-11-12-13-14-15-16-17-18-19-22(2)20-21(23)24;1-5-6(2,3)4/h21,23-24H,3-20H2,1-2H3;1H3,(H,2,3,4). The summed E-state index contributed by atoms with van der Waals surface area (Å²) in [4.78, 5) is 1.22. The maximum Gasteiger partial charge on any atom is 0.217 e. The zero-order valence-electron chi connectivity index (χ0n) is 19.7. The molecule has 0 saturated carbocycles. The molecule has 0 rings (SSSR count). The van der Waals surface area contributed by atoms with Crippen LogP contribution in [0.4, 0.5) is 0 Å². The predicted octanol–water partition coefficient (Wildman–Crippen LogP) is 3.17. The Morgan fingerprint density at radius 3 is 1.33 bits per heavy atom. The minimum Gasteiger partial charge on any atom is -0.726 e. The number of unbranched alkanes of at least 4 members (excludes halogenated alkanes) is 15. The summed E-state index contributed by atoms with van der Waals surface area (Å²) in [7, 11) is -1.57. The van der Waals surface area contributed by atoms with Gasteiger partial charge in [-0.15, -0.1) is 0 Å². The first-order valence-electron chi connectivity index (χ1n) is 11.9. The third-order valence-corrected chi connectivity index (χ3v) is 5.60. The van der Waals surface area contributed by atoms with Gasteiger partial charge in [0.1, 0.15) is 6.54 Å². The molecule has 0 amide bonds. The summed E-state index contributed by atoms with van der Waals surface area (Å²) in [5.74, 6) is 0. The molecule has 0 aliphatic rings. The highest BCUT2D eigenvalue weighted by Crippen LogP contribution is 2.13. The van der Waals surface area contributed by atoms with Gasteiger partial charge in [0, 0.05) is 0 Å². The SMILES string of the molecule is CCCCCCCCCCCCCCCCCC[NH+](C)CC(O)O.COS(=O)(=O)[O-]. The lowest BCUT2D eigenvalue weighted by atomic mass is 10.0. The molecule has 1 atom stereocenters. The van der Waals surface area contributed by atoms with Gasteiger partial charge in [-0.25, -0.2) is 8.42 Å². The van der Waals surface area contributed by atoms with Crippen LogP contribution in [-0.4, -0.2) is 56.7 Å². The normalized spacial score (nSPS) is 12.6. The van der Waals surface area contributed by atoms with Gasteiger partial charge in [0.15, 0.2) is 0 Å². The lowest BCUT2D eigenvalue weighted by Gasteiger charge is -2.14. The minimum atomic E-state index is -4.41. The Hall–Kier alpha value is -0.250. The molecule has 0 aliphatic heterocycles. The molecule has 0 aliphatic carbocycles. The van der Waals surface area contributed by atoms with E-state index in [0.717, 1.165) is 13.7 Å². The Morgan fingerprint density at radius 2 is 1.07 bits per heavy atom. The fourth-order valence-electron chi connectivity index (χ4n) is 3.39. The van der Waals surface area contributed by atoms with E-state index in [4.69, 9.17) is 10.2 Å². The first-order chi connectivity index (χ1) is 14.2. The van der Waals surface area contributed by atoms with Crippen molar-refractivity contribution in [2.24, 2.45) is 0 Å². The van der Waals surface area contributed by atoms with E-state index in [1.807, 2.05) is 7.05 Å². The molecule has 184 valence electrons. The molecule has 0 aromatic carbocycles. The van der Waals surface area contributed by atoms with Crippen LogP contribution in [0.15, 0.2) is 0 Å². The Labute approximate surface area is 186 Å². The van der Waals surface area contributed by atoms with Gasteiger partial charge in [0.2, 0.25) is 16.7 Å². The van der Waals surface area contributed by atoms with Gasteiger partial charge in [-0.3, -0.25) is 4.18 Å². The van der Waals surface area contributed by atoms with E-state index in [2.05, 4.69) is 11.1 Å². The van der Waals surface area contributed by atoms with Gasteiger partial charge in [0.25, 0.3) is 0 Å². The molecule has 0 bridgehead atoms. The maximum absolute atomic E-state index is 9.22. The van der Waals surface area contributed by atoms with Gasteiger partial charge in [-0.2, -0.15) is 0 Å². The molecular formula is C22H49NO6S. The number of nitrogens with one attached hydrogen (secondary N) is 1. The third-order valence-electron chi connectivity index (χ3n) is 5.19. The lowest BCUT2D eigenvalue weighted by Crippen LogP contribution is -3.10. The average molecular weight is 456 g/mol. The second-order valence-electron chi connectivity index (χ2n) is 8.27. The molecule has 0 heterocycles. The highest BCUT2D eigenvalue weighted by atomic mass is 32.3. The van der Waals surface area contributed by atoms with Crippen molar-refractivity contribution in [1.29, 1.82) is 0 Å². The molecule has 1 unspecified atom stereocenters. The van der Waals surface area contributed by atoms with Crippen molar-refractivity contribution >= 4 is 10.4 Å². The van der Waals surface area contributed by atoms with Crippen LogP contribution in [0.5, 0.6) is 0 Å². The molecule has 0 saturated heterocycles. The number of hydrogen-bond acceptors (Lipinski definition) is 6. The van der Waals surface area contributed by atoms with Crippen LogP contribution in [0.3, 0.4) is 0 Å². The van der Waals surface area contributed by atoms with Gasteiger partial charge in [0.05, 0.1) is 20.7 Å². The average Bonchev–Trinajstić information content (AvgIpc) is 2.67. The predicted molar refractivity (Wildman–Crippen MR) is 121 cm³/mol. The third kappa shape index (κ3) is 32.4. The van der Waals surface area contributed by atoms with Crippen molar-refractivity contribution < 1.29 is 32.3 Å². The summed E-state index contributed by atoms with van der Waals surface area (Å²) in [6.45, 7) is 3.78. The van der Waals surface area contributed by atoms with Crippen LogP contribution in [0, 0.1) is 0 Å². The summed E-state index contributed by atoms with van der Waals surface area (Å²) in [6, 6.07) is 0. The summed E-state index contributed by atoms with van der Waals surface area (Å²) < 4.78 is 31.0. The zero-order valence-corrected chi connectivity index (χ0v) is 20.6. The smallest absolute Gasteiger partial charge is 0.217 e. The Morgan fingerprint density at radius 1 is 0.767 bits per heavy atom. The van der Waals surface area contributed by atoms with Gasteiger partial charge in [-0.05, 0) is 12.8 Å². The Bertz CT molecular complexity index is 431. The van der Waals surface area contributed by atoms with E-state index in [-0.39, 0.29) is 0 Å². The van der Waals surface area contributed by atoms with Gasteiger partial charge >= 0.3 is 0 Å². The monoisotopic (exact) mass is 455 g/mol. The summed E-state index contributed by atoms with van der Waals surface area (Å²) in [5.41, 5.74) is 0. The van der Waals surface area contributed by atoms with E-state index < -0.39 is 16.7 Å². The molecule has 3 N–H and O–H groups in total. The van der Waals surface area contributed by atoms with Crippen molar-refractivity contribution in [2.75, 3.05) is 27.2 Å². The second-order valence-corrected chi connectivity index (χ2v) is 9.42. The van der Waals surface area contributed by atoms with Crippen molar-refractivity contribution in [1.82, 2.24) is 0 Å². The zero-order chi connectivity index (χ0) is 23.1. The van der Waals surface area contributed by atoms with E-state index in [1.165, 1.54) is 108 Å². The molecular weight excluding hydrogens is 406 g/mol. The van der Waals surface area contributed by atoms with Crippen molar-refractivity contribution in [2.45, 2.75) is 116 Å². The summed E-state index contributed by atoms with van der Waals surface area (Å²) >= 11 is 0. The first kappa shape index (κ1) is 31.9. The Kier molecular flexibility index (Phi) is 24.9. The van der Waals surface area contributed by atoms with E-state index in [1.54, 1.807) is 0 Å². The van der Waals surface area contributed by atoms with E-state index in [9.17, 15) is 13.0 Å². The van der Waals surface area contributed by atoms with Crippen LogP contribution < -0.4 is 4.90 Å². The molecule has 7 nitrogen and oxygen atoms in total. The van der Waals surface area contributed by atoms with Crippen LogP contribution >= 0.6 is 0 Å². The molecule has 30 heavy (non-hydrogen) atoms. The number of aliphatic hydroxyl groups is 2. The molecule has 0 radical (unpaired) electrons. The van der Waals surface area contributed by atoms with Crippen LogP contribution in [-0.2, 0) is 14.6 Å². The number of likely N-dealkylation sites (N-methyl/N-ethyl adjacent to an activating group) is 1. The van der Waals surface area contributed by atoms with Gasteiger partial charge in [-0.1, -0.05) is 96.8 Å². The fourth-order valence-corrected chi connectivity index (χ4v) is 3.39. The minimum absolute atomic E-state index is 0.443. The number of aliphatic hydroxyl groups excluding tert-OH is 1. The van der Waals surface area contributed by atoms with Crippen molar-refractivity contribution in [3.63, 3.8) is 0 Å². The second kappa shape index (κ2) is 23.4. The van der Waals surface area contributed by atoms with Crippen molar-refractivity contribution in [3.8, 4) is 0 Å². The molecule has 8 heteroatoms. The number of quaternary nitrogens is 1. The maximum atomic E-state index is 9.22. The summed E-state index contributed by atoms with van der Waals surface area (Å²) in [6.07, 6.45) is 21.2. The van der Waals surface area contributed by atoms with Crippen LogP contribution in [0.25, 0.3) is 0 Å². The van der Waals surface area contributed by atoms with Crippen molar-refractivity contribution in [3.05, 3.63) is 0 Å². The highest BCUT2D eigenvalue weighted by molar-refractivity contribution is 7.80. The van der Waals surface area contributed by atoms with Crippen LogP contribution in [0.1, 0.15) is 110 Å². The quantitative estimate of drug-likeness (QED) is 0.113. The number of hydrogen-bond donors (Lipinski definition) is 3. The molecule has 0 fully saturated rings. The van der Waals surface area contributed by atoms with Crippen LogP contribution in [0.2, 0.25) is 0 Å². The van der Waals surface area contributed by atoms with E-state index >= 15 is 0 Å². The first-order valence-corrected chi connectivity index (χ1v) is 13.2. The van der Waals surface area contributed by atoms with E-state index in [0.29, 0.717) is 6.54 Å². The molecule has 0 spiro atoms. The molecule has 0 aromatic rings. The largest absolute Gasteiger partial charge is 0.726 e. The number of rotatable bonds is 20.